The van der Waals surface area contributed by atoms with Gasteiger partial charge in [-0.3, -0.25) is 0 Å². The fraction of sp³-hybridized carbons (Fsp3) is 1.00. The first-order valence-corrected chi connectivity index (χ1v) is 3.88. The second-order valence-corrected chi connectivity index (χ2v) is 1.58. The largest absolute Gasteiger partial charge is 0.396 e. The van der Waals surface area contributed by atoms with Crippen molar-refractivity contribution < 1.29 is 5.11 Å². The van der Waals surface area contributed by atoms with Crippen molar-refractivity contribution in [1.82, 2.24) is 0 Å². The molecule has 0 unspecified atom stereocenters. The molecule has 0 heterocycles. The Kier molecular flexibility index (Phi) is 43.7. The molecule has 0 radical (unpaired) electrons. The van der Waals surface area contributed by atoms with Gasteiger partial charge in [0.1, 0.15) is 0 Å². The number of hydrogen-bond donors (Lipinski definition) is 1. The van der Waals surface area contributed by atoms with Gasteiger partial charge in [-0.2, -0.15) is 0 Å². The van der Waals surface area contributed by atoms with Crippen LogP contribution in [0.25, 0.3) is 0 Å². The highest BCUT2D eigenvalue weighted by molar-refractivity contribution is 4.32. The van der Waals surface area contributed by atoms with Crippen molar-refractivity contribution in [3.8, 4) is 0 Å². The van der Waals surface area contributed by atoms with E-state index < -0.39 is 0 Å². The first kappa shape index (κ1) is 16.0. The molecule has 0 atom stereocenters. The highest BCUT2D eigenvalue weighted by Crippen LogP contribution is 1.83. The van der Waals surface area contributed by atoms with Gasteiger partial charge in [0, 0.05) is 6.61 Å². The summed E-state index contributed by atoms with van der Waals surface area (Å²) >= 11 is 0. The standard InChI is InChI=1S/C4H10O.2C2H6/c1-4(2)3-5;2*1-2/h4-5H,3H2,1-2H3;2*1-2H3. The Morgan fingerprint density at radius 1 is 1.00 bits per heavy atom. The van der Waals surface area contributed by atoms with Crippen LogP contribution >= 0.6 is 0 Å². The maximum Gasteiger partial charge on any atom is 0.0453 e. The summed E-state index contributed by atoms with van der Waals surface area (Å²) in [4.78, 5) is 0. The normalized spacial score (nSPS) is 6.67. The minimum absolute atomic E-state index is 0.306. The van der Waals surface area contributed by atoms with Gasteiger partial charge in [0.05, 0.1) is 0 Å². The van der Waals surface area contributed by atoms with E-state index >= 15 is 0 Å². The lowest BCUT2D eigenvalue weighted by atomic mass is 10.2. The minimum atomic E-state index is 0.306. The molecule has 1 heteroatoms. The Labute approximate surface area is 60.1 Å². The maximum absolute atomic E-state index is 8.14. The maximum atomic E-state index is 8.14. The van der Waals surface area contributed by atoms with Gasteiger partial charge in [-0.25, -0.2) is 0 Å². The molecule has 1 N–H and O–H groups in total. The summed E-state index contributed by atoms with van der Waals surface area (Å²) in [6, 6.07) is 0. The van der Waals surface area contributed by atoms with E-state index in [0.29, 0.717) is 12.5 Å². The summed E-state index contributed by atoms with van der Waals surface area (Å²) in [7, 11) is 0. The average molecular weight is 134 g/mol. The van der Waals surface area contributed by atoms with Crippen LogP contribution in [0.15, 0.2) is 0 Å². The number of rotatable bonds is 1. The predicted molar refractivity (Wildman–Crippen MR) is 44.6 cm³/mol. The third-order valence-electron chi connectivity index (χ3n) is 0.365. The monoisotopic (exact) mass is 134 g/mol. The van der Waals surface area contributed by atoms with Gasteiger partial charge < -0.3 is 5.11 Å². The molecule has 1 nitrogen and oxygen atoms in total. The van der Waals surface area contributed by atoms with E-state index in [4.69, 9.17) is 5.11 Å². The number of hydrogen-bond acceptors (Lipinski definition) is 1. The van der Waals surface area contributed by atoms with Crippen molar-refractivity contribution in [1.29, 1.82) is 0 Å². The smallest absolute Gasteiger partial charge is 0.0453 e. The van der Waals surface area contributed by atoms with E-state index in [1.54, 1.807) is 0 Å². The molecule has 0 amide bonds. The van der Waals surface area contributed by atoms with Gasteiger partial charge in [0.15, 0.2) is 0 Å². The van der Waals surface area contributed by atoms with E-state index in [1.807, 2.05) is 41.5 Å². The summed E-state index contributed by atoms with van der Waals surface area (Å²) in [5.74, 6) is 0.440. The molecule has 0 aromatic heterocycles. The Morgan fingerprint density at radius 3 is 1.11 bits per heavy atom. The molecular formula is C8H22O. The first-order chi connectivity index (χ1) is 4.27. The highest BCUT2D eigenvalue weighted by atomic mass is 16.3. The van der Waals surface area contributed by atoms with Crippen LogP contribution in [0, 0.1) is 5.92 Å². The van der Waals surface area contributed by atoms with Gasteiger partial charge in [0.25, 0.3) is 0 Å². The lowest BCUT2D eigenvalue weighted by Gasteiger charge is -1.90. The van der Waals surface area contributed by atoms with E-state index in [0.717, 1.165) is 0 Å². The lowest BCUT2D eigenvalue weighted by molar-refractivity contribution is 0.248. The molecule has 0 saturated carbocycles. The molecule has 0 bridgehead atoms. The molecule has 0 spiro atoms. The van der Waals surface area contributed by atoms with E-state index in [2.05, 4.69) is 0 Å². The molecule has 0 aromatic rings. The molecule has 0 rings (SSSR count). The molecule has 60 valence electrons. The zero-order valence-electron chi connectivity index (χ0n) is 7.73. The Morgan fingerprint density at radius 2 is 1.11 bits per heavy atom. The zero-order chi connectivity index (χ0) is 8.28. The lowest BCUT2D eigenvalue weighted by Crippen LogP contribution is -1.90. The topological polar surface area (TPSA) is 20.2 Å². The second-order valence-electron chi connectivity index (χ2n) is 1.58. The van der Waals surface area contributed by atoms with Crippen molar-refractivity contribution in [2.75, 3.05) is 6.61 Å². The molecule has 9 heavy (non-hydrogen) atoms. The summed E-state index contributed by atoms with van der Waals surface area (Å²) in [5, 5.41) is 8.14. The number of aliphatic hydroxyl groups excluding tert-OH is 1. The molecular weight excluding hydrogens is 112 g/mol. The van der Waals surface area contributed by atoms with Crippen LogP contribution in [-0.2, 0) is 0 Å². The molecule has 0 aliphatic rings. The second kappa shape index (κ2) is 24.6. The summed E-state index contributed by atoms with van der Waals surface area (Å²) < 4.78 is 0. The van der Waals surface area contributed by atoms with Gasteiger partial charge in [-0.1, -0.05) is 41.5 Å². The predicted octanol–water partition coefficient (Wildman–Crippen LogP) is 2.69. The van der Waals surface area contributed by atoms with Crippen LogP contribution in [0.2, 0.25) is 0 Å². The van der Waals surface area contributed by atoms with Crippen LogP contribution in [0.3, 0.4) is 0 Å². The first-order valence-electron chi connectivity index (χ1n) is 3.88. The fourth-order valence-corrected chi connectivity index (χ4v) is 0. The fourth-order valence-electron chi connectivity index (χ4n) is 0. The van der Waals surface area contributed by atoms with Crippen molar-refractivity contribution >= 4 is 0 Å². The minimum Gasteiger partial charge on any atom is -0.396 e. The van der Waals surface area contributed by atoms with Crippen LogP contribution in [0.5, 0.6) is 0 Å². The number of aliphatic hydroxyl groups is 1. The Balaban J connectivity index is -0.0000000771. The average Bonchev–Trinajstić information content (AvgIpc) is 1.97. The van der Waals surface area contributed by atoms with E-state index in [-0.39, 0.29) is 0 Å². The van der Waals surface area contributed by atoms with Crippen molar-refractivity contribution in [2.24, 2.45) is 5.92 Å². The third kappa shape index (κ3) is 73.6. The summed E-state index contributed by atoms with van der Waals surface area (Å²) in [6.45, 7) is 12.2. The quantitative estimate of drug-likeness (QED) is 0.584. The van der Waals surface area contributed by atoms with Crippen LogP contribution in [-0.4, -0.2) is 11.7 Å². The van der Waals surface area contributed by atoms with Crippen LogP contribution < -0.4 is 0 Å². The SMILES string of the molecule is CC.CC.CC(C)CO. The Hall–Kier alpha value is -0.0400. The van der Waals surface area contributed by atoms with E-state index in [1.165, 1.54) is 0 Å². The van der Waals surface area contributed by atoms with Crippen molar-refractivity contribution in [2.45, 2.75) is 41.5 Å². The zero-order valence-corrected chi connectivity index (χ0v) is 7.73. The molecule has 0 fully saturated rings. The summed E-state index contributed by atoms with van der Waals surface area (Å²) in [6.07, 6.45) is 0. The van der Waals surface area contributed by atoms with Gasteiger partial charge in [-0.05, 0) is 5.92 Å². The van der Waals surface area contributed by atoms with Gasteiger partial charge in [0.2, 0.25) is 0 Å². The Bertz CT molecular complexity index is 18.5. The van der Waals surface area contributed by atoms with Crippen molar-refractivity contribution in [3.63, 3.8) is 0 Å². The third-order valence-corrected chi connectivity index (χ3v) is 0.365. The van der Waals surface area contributed by atoms with Crippen molar-refractivity contribution in [3.05, 3.63) is 0 Å². The molecule has 0 aliphatic heterocycles. The highest BCUT2D eigenvalue weighted by Gasteiger charge is 1.81. The van der Waals surface area contributed by atoms with Gasteiger partial charge >= 0.3 is 0 Å². The molecule has 0 aliphatic carbocycles. The molecule has 0 saturated heterocycles. The van der Waals surface area contributed by atoms with Gasteiger partial charge in [-0.15, -0.1) is 0 Å². The van der Waals surface area contributed by atoms with E-state index in [9.17, 15) is 0 Å². The summed E-state index contributed by atoms with van der Waals surface area (Å²) in [5.41, 5.74) is 0. The van der Waals surface area contributed by atoms with Crippen LogP contribution in [0.4, 0.5) is 0 Å². The molecule has 0 aromatic carbocycles. The van der Waals surface area contributed by atoms with Crippen LogP contribution in [0.1, 0.15) is 41.5 Å².